The molecule has 0 spiro atoms. The van der Waals surface area contributed by atoms with Gasteiger partial charge in [0.15, 0.2) is 18.2 Å². The van der Waals surface area contributed by atoms with Gasteiger partial charge in [0.05, 0.1) is 11.7 Å². The number of anilines is 3. The lowest BCUT2D eigenvalue weighted by atomic mass is 10.0. The number of aromatic nitrogens is 3. The number of hydrogen-bond acceptors (Lipinski definition) is 9. The Hall–Kier alpha value is -3.41. The molecule has 0 unspecified atom stereocenters. The minimum absolute atomic E-state index is 0.105. The van der Waals surface area contributed by atoms with Crippen molar-refractivity contribution in [3.63, 3.8) is 0 Å². The number of piperazine rings is 1. The molecule has 2 aliphatic heterocycles. The van der Waals surface area contributed by atoms with E-state index in [0.29, 0.717) is 22.8 Å². The van der Waals surface area contributed by atoms with Crippen LogP contribution in [0.5, 0.6) is 5.75 Å². The minimum Gasteiger partial charge on any atom is -0.478 e. The topological polar surface area (TPSA) is 108 Å². The average Bonchev–Trinajstić information content (AvgIpc) is 2.99. The Balaban J connectivity index is 1.28. The summed E-state index contributed by atoms with van der Waals surface area (Å²) < 4.78 is 6.98. The highest BCUT2D eigenvalue weighted by atomic mass is 35.5. The summed E-state index contributed by atoms with van der Waals surface area (Å²) in [4.78, 5) is 40.9. The van der Waals surface area contributed by atoms with E-state index in [1.165, 1.54) is 11.6 Å². The molecular weight excluding hydrogens is 532 g/mol. The van der Waals surface area contributed by atoms with Gasteiger partial charge in [-0.3, -0.25) is 14.5 Å². The molecule has 0 aliphatic carbocycles. The van der Waals surface area contributed by atoms with E-state index in [0.717, 1.165) is 75.2 Å². The Bertz CT molecular complexity index is 1410. The Morgan fingerprint density at radius 1 is 1.12 bits per heavy atom. The monoisotopic (exact) mass is 568 g/mol. The van der Waals surface area contributed by atoms with E-state index in [1.54, 1.807) is 19.3 Å². The lowest BCUT2D eigenvalue weighted by Gasteiger charge is -2.42. The number of piperidine rings is 1. The third kappa shape index (κ3) is 6.16. The first-order chi connectivity index (χ1) is 19.4. The van der Waals surface area contributed by atoms with Crippen LogP contribution in [0.1, 0.15) is 19.8 Å². The molecule has 3 aromatic rings. The SMILES string of the molecule is CCN1CCN(C2CCN(c3ncc(Cl)c(Nc4ccc5c(c4)cc(OCC(=O)NC)c(=O)n5C)n3)CC2)CC1. The molecule has 12 heteroatoms. The lowest BCUT2D eigenvalue weighted by Crippen LogP contribution is -2.53. The van der Waals surface area contributed by atoms with E-state index in [4.69, 9.17) is 21.3 Å². The number of hydrogen-bond donors (Lipinski definition) is 2. The maximum Gasteiger partial charge on any atom is 0.293 e. The summed E-state index contributed by atoms with van der Waals surface area (Å²) >= 11 is 6.49. The molecule has 0 atom stereocenters. The van der Waals surface area contributed by atoms with Crippen LogP contribution in [0.4, 0.5) is 17.5 Å². The molecule has 0 bridgehead atoms. The third-order valence-electron chi connectivity index (χ3n) is 7.94. The van der Waals surface area contributed by atoms with Gasteiger partial charge in [0.25, 0.3) is 11.5 Å². The van der Waals surface area contributed by atoms with Crippen LogP contribution < -0.4 is 25.8 Å². The molecule has 1 amide bonds. The van der Waals surface area contributed by atoms with Crippen LogP contribution in [0.15, 0.2) is 35.3 Å². The summed E-state index contributed by atoms with van der Waals surface area (Å²) in [7, 11) is 3.19. The van der Waals surface area contributed by atoms with Crippen molar-refractivity contribution in [1.82, 2.24) is 29.7 Å². The predicted octanol–water partition coefficient (Wildman–Crippen LogP) is 2.46. The molecule has 0 saturated carbocycles. The Morgan fingerprint density at radius 2 is 1.88 bits per heavy atom. The van der Waals surface area contributed by atoms with Crippen LogP contribution in [0, 0.1) is 0 Å². The zero-order valence-corrected chi connectivity index (χ0v) is 24.1. The van der Waals surface area contributed by atoms with E-state index in [1.807, 2.05) is 18.2 Å². The number of halogens is 1. The third-order valence-corrected chi connectivity index (χ3v) is 8.22. The van der Waals surface area contributed by atoms with Crippen LogP contribution >= 0.6 is 11.6 Å². The first-order valence-electron chi connectivity index (χ1n) is 13.8. The smallest absolute Gasteiger partial charge is 0.293 e. The molecule has 4 heterocycles. The summed E-state index contributed by atoms with van der Waals surface area (Å²) in [5.41, 5.74) is 1.17. The predicted molar refractivity (Wildman–Crippen MR) is 158 cm³/mol. The second kappa shape index (κ2) is 12.4. The molecule has 2 saturated heterocycles. The number of amides is 1. The fourth-order valence-electron chi connectivity index (χ4n) is 5.46. The number of likely N-dealkylation sites (N-methyl/N-ethyl adjacent to an activating group) is 2. The zero-order chi connectivity index (χ0) is 28.2. The van der Waals surface area contributed by atoms with Gasteiger partial charge in [0.1, 0.15) is 5.02 Å². The van der Waals surface area contributed by atoms with Crippen LogP contribution in [0.3, 0.4) is 0 Å². The Morgan fingerprint density at radius 3 is 2.58 bits per heavy atom. The highest BCUT2D eigenvalue weighted by Crippen LogP contribution is 2.29. The van der Waals surface area contributed by atoms with E-state index < -0.39 is 0 Å². The number of ether oxygens (including phenoxy) is 1. The number of fused-ring (bicyclic) bond motifs is 1. The number of benzene rings is 1. The van der Waals surface area contributed by atoms with Crippen molar-refractivity contribution in [3.8, 4) is 5.75 Å². The number of nitrogens with zero attached hydrogens (tertiary/aromatic N) is 6. The largest absolute Gasteiger partial charge is 0.478 e. The number of carbonyl (C=O) groups is 1. The fourth-order valence-corrected chi connectivity index (χ4v) is 5.60. The van der Waals surface area contributed by atoms with Gasteiger partial charge < -0.3 is 29.7 Å². The zero-order valence-electron chi connectivity index (χ0n) is 23.3. The maximum absolute atomic E-state index is 12.7. The van der Waals surface area contributed by atoms with Crippen molar-refractivity contribution in [2.24, 2.45) is 7.05 Å². The molecular formula is C28H37ClN8O3. The molecule has 2 aliphatic rings. The number of pyridine rings is 1. The van der Waals surface area contributed by atoms with E-state index in [9.17, 15) is 9.59 Å². The lowest BCUT2D eigenvalue weighted by molar-refractivity contribution is -0.122. The molecule has 11 nitrogen and oxygen atoms in total. The summed E-state index contributed by atoms with van der Waals surface area (Å²) in [6, 6.07) is 7.87. The normalized spacial score (nSPS) is 17.2. The number of aryl methyl sites for hydroxylation is 1. The summed E-state index contributed by atoms with van der Waals surface area (Å²) in [6.07, 6.45) is 3.82. The fraction of sp³-hybridized carbons (Fsp3) is 0.500. The van der Waals surface area contributed by atoms with Crippen molar-refractivity contribution < 1.29 is 9.53 Å². The first kappa shape index (κ1) is 28.1. The van der Waals surface area contributed by atoms with Crippen molar-refractivity contribution in [1.29, 1.82) is 0 Å². The van der Waals surface area contributed by atoms with E-state index in [2.05, 4.69) is 37.2 Å². The molecule has 1 aromatic carbocycles. The average molecular weight is 569 g/mol. The van der Waals surface area contributed by atoms with E-state index in [-0.39, 0.29) is 23.8 Å². The first-order valence-corrected chi connectivity index (χ1v) is 14.2. The van der Waals surface area contributed by atoms with Crippen LogP contribution in [0.2, 0.25) is 5.02 Å². The molecule has 40 heavy (non-hydrogen) atoms. The number of carbonyl (C=O) groups excluding carboxylic acids is 1. The summed E-state index contributed by atoms with van der Waals surface area (Å²) in [6.45, 7) is 9.53. The molecule has 2 fully saturated rings. The van der Waals surface area contributed by atoms with Gasteiger partial charge in [0.2, 0.25) is 5.95 Å². The minimum atomic E-state index is -0.314. The second-order valence-electron chi connectivity index (χ2n) is 10.3. The molecule has 214 valence electrons. The van der Waals surface area contributed by atoms with Gasteiger partial charge in [0, 0.05) is 70.5 Å². The Labute approximate surface area is 239 Å². The van der Waals surface area contributed by atoms with Crippen molar-refractivity contribution >= 4 is 45.9 Å². The molecule has 0 radical (unpaired) electrons. The van der Waals surface area contributed by atoms with Gasteiger partial charge in [-0.25, -0.2) is 4.98 Å². The molecule has 2 aromatic heterocycles. The maximum atomic E-state index is 12.7. The van der Waals surface area contributed by atoms with E-state index >= 15 is 0 Å². The van der Waals surface area contributed by atoms with Crippen LogP contribution in [-0.4, -0.2) is 95.8 Å². The standard InChI is InChI=1S/C28H37ClN8O3/c1-4-35-11-13-36(14-12-35)21-7-9-37(10-8-21)28-31-17-22(29)26(33-28)32-20-5-6-23-19(15-20)16-24(27(39)34(23)3)40-18-25(38)30-2/h5-6,15-17,21H,4,7-14,18H2,1-3H3,(H,30,38)(H,31,32,33). The van der Waals surface area contributed by atoms with Crippen molar-refractivity contribution in [2.75, 3.05) is 69.7 Å². The number of nitrogens with one attached hydrogen (secondary N) is 2. The van der Waals surface area contributed by atoms with Gasteiger partial charge in [-0.1, -0.05) is 18.5 Å². The van der Waals surface area contributed by atoms with Gasteiger partial charge in [-0.15, -0.1) is 0 Å². The van der Waals surface area contributed by atoms with Gasteiger partial charge >= 0.3 is 0 Å². The highest BCUT2D eigenvalue weighted by Gasteiger charge is 2.28. The molecule has 5 rings (SSSR count). The van der Waals surface area contributed by atoms with Crippen LogP contribution in [-0.2, 0) is 11.8 Å². The molecule has 2 N–H and O–H groups in total. The second-order valence-corrected chi connectivity index (χ2v) is 10.7. The quantitative estimate of drug-likeness (QED) is 0.423. The van der Waals surface area contributed by atoms with Crippen LogP contribution in [0.25, 0.3) is 10.9 Å². The summed E-state index contributed by atoms with van der Waals surface area (Å²) in [5.74, 6) is 0.971. The summed E-state index contributed by atoms with van der Waals surface area (Å²) in [5, 5.41) is 6.98. The van der Waals surface area contributed by atoms with Gasteiger partial charge in [-0.2, -0.15) is 4.98 Å². The Kier molecular flexibility index (Phi) is 8.72. The van der Waals surface area contributed by atoms with Gasteiger partial charge in [-0.05, 0) is 43.7 Å². The number of rotatable bonds is 8. The van der Waals surface area contributed by atoms with Crippen molar-refractivity contribution in [3.05, 3.63) is 45.8 Å². The highest BCUT2D eigenvalue weighted by molar-refractivity contribution is 6.32. The van der Waals surface area contributed by atoms with Crippen molar-refractivity contribution in [2.45, 2.75) is 25.8 Å².